The highest BCUT2D eigenvalue weighted by atomic mass is 19.1. The molecule has 0 radical (unpaired) electrons. The van der Waals surface area contributed by atoms with Gasteiger partial charge in [0.2, 0.25) is 0 Å². The first-order valence-electron chi connectivity index (χ1n) is 7.58. The Morgan fingerprint density at radius 2 is 2.04 bits per heavy atom. The van der Waals surface area contributed by atoms with Crippen LogP contribution in [0.25, 0.3) is 11.3 Å². The summed E-state index contributed by atoms with van der Waals surface area (Å²) in [6, 6.07) is 11.6. The molecule has 0 saturated carbocycles. The zero-order chi connectivity index (χ0) is 18.7. The second-order valence-corrected chi connectivity index (χ2v) is 5.50. The molecule has 26 heavy (non-hydrogen) atoms. The van der Waals surface area contributed by atoms with Gasteiger partial charge in [-0.15, -0.1) is 0 Å². The van der Waals surface area contributed by atoms with Crippen LogP contribution in [0.3, 0.4) is 0 Å². The third-order valence-corrected chi connectivity index (χ3v) is 3.69. The van der Waals surface area contributed by atoms with Gasteiger partial charge in [0.05, 0.1) is 16.1 Å². The molecule has 0 fully saturated rings. The summed E-state index contributed by atoms with van der Waals surface area (Å²) in [5.74, 6) is -0.983. The van der Waals surface area contributed by atoms with Crippen LogP contribution in [0, 0.1) is 22.9 Å². The maximum atomic E-state index is 13.7. The van der Waals surface area contributed by atoms with Crippen LogP contribution in [0.15, 0.2) is 53.1 Å². The minimum Gasteiger partial charge on any atom is -0.455 e. The van der Waals surface area contributed by atoms with Crippen molar-refractivity contribution in [3.8, 4) is 11.3 Å². The molecule has 0 aliphatic carbocycles. The predicted octanol–water partition coefficient (Wildman–Crippen LogP) is 4.05. The molecule has 0 amide bonds. The first-order valence-corrected chi connectivity index (χ1v) is 7.58. The van der Waals surface area contributed by atoms with E-state index in [1.54, 1.807) is 19.1 Å². The zero-order valence-corrected chi connectivity index (χ0v) is 13.6. The monoisotopic (exact) mass is 356 g/mol. The lowest BCUT2D eigenvalue weighted by Gasteiger charge is -2.03. The summed E-state index contributed by atoms with van der Waals surface area (Å²) in [6.45, 7) is 1.37. The number of hydrogen-bond donors (Lipinski definition) is 0. The standard InChI is InChI=1S/C18H13FN2O5/c1-11-6-7-12(8-16(11)21(23)24)18(22)25-10-13-9-17(26-20-13)14-4-2-3-5-15(14)19/h2-9H,10H2,1H3. The third-order valence-electron chi connectivity index (χ3n) is 3.69. The zero-order valence-electron chi connectivity index (χ0n) is 13.6. The van der Waals surface area contributed by atoms with E-state index in [2.05, 4.69) is 5.16 Å². The number of hydrogen-bond acceptors (Lipinski definition) is 6. The van der Waals surface area contributed by atoms with Gasteiger partial charge in [-0.2, -0.15) is 0 Å². The van der Waals surface area contributed by atoms with Gasteiger partial charge in [-0.3, -0.25) is 10.1 Å². The SMILES string of the molecule is Cc1ccc(C(=O)OCc2cc(-c3ccccc3F)on2)cc1[N+](=O)[O-]. The second-order valence-electron chi connectivity index (χ2n) is 5.50. The molecule has 0 aliphatic heterocycles. The molecule has 0 unspecified atom stereocenters. The van der Waals surface area contributed by atoms with Gasteiger partial charge < -0.3 is 9.26 Å². The first-order chi connectivity index (χ1) is 12.5. The molecule has 0 saturated heterocycles. The van der Waals surface area contributed by atoms with Crippen LogP contribution < -0.4 is 0 Å². The summed E-state index contributed by atoms with van der Waals surface area (Å²) in [7, 11) is 0. The maximum Gasteiger partial charge on any atom is 0.338 e. The highest BCUT2D eigenvalue weighted by Crippen LogP contribution is 2.24. The Balaban J connectivity index is 1.70. The van der Waals surface area contributed by atoms with Gasteiger partial charge in [0.25, 0.3) is 5.69 Å². The number of ether oxygens (including phenoxy) is 1. The van der Waals surface area contributed by atoms with Crippen molar-refractivity contribution in [3.05, 3.63) is 81.3 Å². The number of carbonyl (C=O) groups is 1. The summed E-state index contributed by atoms with van der Waals surface area (Å²) in [5, 5.41) is 14.7. The fourth-order valence-corrected chi connectivity index (χ4v) is 2.32. The first kappa shape index (κ1) is 17.3. The minimum absolute atomic E-state index is 0.0557. The molecule has 2 aromatic carbocycles. The highest BCUT2D eigenvalue weighted by Gasteiger charge is 2.17. The molecular formula is C18H13FN2O5. The Bertz CT molecular complexity index is 983. The average Bonchev–Trinajstić information content (AvgIpc) is 3.09. The topological polar surface area (TPSA) is 95.5 Å². The molecule has 8 heteroatoms. The summed E-state index contributed by atoms with van der Waals surface area (Å²) in [6.07, 6.45) is 0. The van der Waals surface area contributed by atoms with E-state index in [1.165, 1.54) is 30.3 Å². The maximum absolute atomic E-state index is 13.7. The van der Waals surface area contributed by atoms with E-state index in [0.717, 1.165) is 6.07 Å². The van der Waals surface area contributed by atoms with Crippen molar-refractivity contribution in [2.24, 2.45) is 0 Å². The van der Waals surface area contributed by atoms with Crippen molar-refractivity contribution < 1.29 is 23.4 Å². The van der Waals surface area contributed by atoms with Gasteiger partial charge in [0.15, 0.2) is 5.76 Å². The van der Waals surface area contributed by atoms with E-state index < -0.39 is 16.7 Å². The largest absolute Gasteiger partial charge is 0.455 e. The van der Waals surface area contributed by atoms with E-state index >= 15 is 0 Å². The minimum atomic E-state index is -0.733. The Morgan fingerprint density at radius 3 is 2.77 bits per heavy atom. The Hall–Kier alpha value is -3.55. The van der Waals surface area contributed by atoms with Crippen molar-refractivity contribution in [2.45, 2.75) is 13.5 Å². The van der Waals surface area contributed by atoms with Gasteiger partial charge in [-0.05, 0) is 25.1 Å². The molecule has 3 aromatic rings. The lowest BCUT2D eigenvalue weighted by Crippen LogP contribution is -2.06. The molecule has 0 spiro atoms. The predicted molar refractivity (Wildman–Crippen MR) is 88.8 cm³/mol. The number of rotatable bonds is 5. The van der Waals surface area contributed by atoms with Crippen LogP contribution in [0.5, 0.6) is 0 Å². The van der Waals surface area contributed by atoms with E-state index in [9.17, 15) is 19.3 Å². The molecular weight excluding hydrogens is 343 g/mol. The van der Waals surface area contributed by atoms with Crippen LogP contribution in [-0.2, 0) is 11.3 Å². The Kier molecular flexibility index (Phi) is 4.74. The number of nitro groups is 1. The fourth-order valence-electron chi connectivity index (χ4n) is 2.32. The number of carbonyl (C=O) groups excluding carboxylic acids is 1. The van der Waals surface area contributed by atoms with Gasteiger partial charge in [0, 0.05) is 17.7 Å². The average molecular weight is 356 g/mol. The Morgan fingerprint density at radius 1 is 1.27 bits per heavy atom. The molecule has 7 nitrogen and oxygen atoms in total. The van der Waals surface area contributed by atoms with Crippen LogP contribution in [0.4, 0.5) is 10.1 Å². The summed E-state index contributed by atoms with van der Waals surface area (Å²) < 4.78 is 23.9. The van der Waals surface area contributed by atoms with Gasteiger partial charge in [-0.25, -0.2) is 9.18 Å². The number of nitro benzene ring substituents is 1. The van der Waals surface area contributed by atoms with E-state index in [1.807, 2.05) is 0 Å². The molecule has 1 heterocycles. The van der Waals surface area contributed by atoms with E-state index in [0.29, 0.717) is 11.3 Å². The number of esters is 1. The van der Waals surface area contributed by atoms with E-state index in [4.69, 9.17) is 9.26 Å². The number of aryl methyl sites for hydroxylation is 1. The van der Waals surface area contributed by atoms with Crippen LogP contribution in [0.2, 0.25) is 0 Å². The molecule has 0 N–H and O–H groups in total. The molecule has 0 atom stereocenters. The smallest absolute Gasteiger partial charge is 0.338 e. The Labute approximate surface area is 147 Å². The third kappa shape index (κ3) is 3.59. The van der Waals surface area contributed by atoms with Gasteiger partial charge in [0.1, 0.15) is 18.1 Å². The van der Waals surface area contributed by atoms with Crippen LogP contribution >= 0.6 is 0 Å². The van der Waals surface area contributed by atoms with Crippen molar-refractivity contribution >= 4 is 11.7 Å². The normalized spacial score (nSPS) is 10.5. The number of aromatic nitrogens is 1. The summed E-state index contributed by atoms with van der Waals surface area (Å²) >= 11 is 0. The second kappa shape index (κ2) is 7.14. The van der Waals surface area contributed by atoms with Crippen molar-refractivity contribution in [1.29, 1.82) is 0 Å². The highest BCUT2D eigenvalue weighted by molar-refractivity contribution is 5.90. The van der Waals surface area contributed by atoms with Crippen molar-refractivity contribution in [3.63, 3.8) is 0 Å². The fraction of sp³-hybridized carbons (Fsp3) is 0.111. The molecule has 1 aromatic heterocycles. The van der Waals surface area contributed by atoms with Crippen LogP contribution in [-0.4, -0.2) is 16.0 Å². The summed E-state index contributed by atoms with van der Waals surface area (Å²) in [4.78, 5) is 22.4. The van der Waals surface area contributed by atoms with Crippen LogP contribution in [0.1, 0.15) is 21.6 Å². The molecule has 0 bridgehead atoms. The number of halogens is 1. The van der Waals surface area contributed by atoms with Crippen molar-refractivity contribution in [1.82, 2.24) is 5.16 Å². The number of nitrogens with zero attached hydrogens (tertiary/aromatic N) is 2. The van der Waals surface area contributed by atoms with E-state index in [-0.39, 0.29) is 29.2 Å². The number of benzene rings is 2. The molecule has 0 aliphatic rings. The van der Waals surface area contributed by atoms with Gasteiger partial charge in [-0.1, -0.05) is 23.4 Å². The summed E-state index contributed by atoms with van der Waals surface area (Å²) in [5.41, 5.74) is 0.866. The quantitative estimate of drug-likeness (QED) is 0.389. The molecule has 3 rings (SSSR count). The van der Waals surface area contributed by atoms with Gasteiger partial charge >= 0.3 is 5.97 Å². The lowest BCUT2D eigenvalue weighted by atomic mass is 10.1. The molecule has 132 valence electrons. The lowest BCUT2D eigenvalue weighted by molar-refractivity contribution is -0.385. The van der Waals surface area contributed by atoms with Crippen molar-refractivity contribution in [2.75, 3.05) is 0 Å².